The molecule has 31 heavy (non-hydrogen) atoms. The highest BCUT2D eigenvalue weighted by atomic mass is 35.5. The molecule has 1 atom stereocenters. The number of aryl methyl sites for hydroxylation is 3. The Balaban J connectivity index is 1.65. The van der Waals surface area contributed by atoms with Crippen LogP contribution in [0.15, 0.2) is 41.6 Å². The van der Waals surface area contributed by atoms with Gasteiger partial charge in [0.1, 0.15) is 5.75 Å². The van der Waals surface area contributed by atoms with E-state index in [4.69, 9.17) is 16.3 Å². The maximum absolute atomic E-state index is 12.3. The zero-order chi connectivity index (χ0) is 22.5. The molecule has 6 nitrogen and oxygen atoms in total. The third kappa shape index (κ3) is 5.80. The number of nitrogens with one attached hydrogen (secondary N) is 1. The SMILES string of the molecule is CCn1c(SCC(=O)Nc2ccc(C)cc2)nnc1C(C)Oc1cc(C)c(Cl)c(C)c1. The molecule has 1 aromatic heterocycles. The molecule has 0 saturated heterocycles. The van der Waals surface area contributed by atoms with Crippen molar-refractivity contribution >= 4 is 35.0 Å². The minimum absolute atomic E-state index is 0.0857. The summed E-state index contributed by atoms with van der Waals surface area (Å²) in [6.07, 6.45) is -0.303. The quantitative estimate of drug-likeness (QED) is 0.435. The van der Waals surface area contributed by atoms with E-state index in [0.717, 1.165) is 33.1 Å². The highest BCUT2D eigenvalue weighted by Crippen LogP contribution is 2.29. The molecule has 0 bridgehead atoms. The summed E-state index contributed by atoms with van der Waals surface area (Å²) in [5.74, 6) is 1.62. The Morgan fingerprint density at radius 1 is 1.16 bits per heavy atom. The number of aromatic nitrogens is 3. The lowest BCUT2D eigenvalue weighted by Crippen LogP contribution is -2.15. The molecule has 164 valence electrons. The molecule has 1 amide bonds. The van der Waals surface area contributed by atoms with Gasteiger partial charge in [-0.1, -0.05) is 41.1 Å². The van der Waals surface area contributed by atoms with Crippen molar-refractivity contribution < 1.29 is 9.53 Å². The minimum Gasteiger partial charge on any atom is -0.483 e. The number of carbonyl (C=O) groups excluding carboxylic acids is 1. The Morgan fingerprint density at radius 2 is 1.81 bits per heavy atom. The summed E-state index contributed by atoms with van der Waals surface area (Å²) in [5, 5.41) is 13.0. The summed E-state index contributed by atoms with van der Waals surface area (Å²) < 4.78 is 8.09. The molecule has 0 aliphatic rings. The lowest BCUT2D eigenvalue weighted by Gasteiger charge is -2.17. The Hall–Kier alpha value is -2.51. The van der Waals surface area contributed by atoms with Crippen molar-refractivity contribution in [3.8, 4) is 5.75 Å². The van der Waals surface area contributed by atoms with Crippen molar-refractivity contribution in [1.82, 2.24) is 14.8 Å². The molecule has 0 spiro atoms. The molecule has 1 heterocycles. The fourth-order valence-electron chi connectivity index (χ4n) is 3.20. The number of thioether (sulfide) groups is 1. The summed E-state index contributed by atoms with van der Waals surface area (Å²) in [4.78, 5) is 12.3. The van der Waals surface area contributed by atoms with E-state index in [0.29, 0.717) is 17.5 Å². The minimum atomic E-state index is -0.303. The van der Waals surface area contributed by atoms with Crippen molar-refractivity contribution in [3.63, 3.8) is 0 Å². The van der Waals surface area contributed by atoms with Gasteiger partial charge >= 0.3 is 0 Å². The molecule has 3 rings (SSSR count). The second-order valence-electron chi connectivity index (χ2n) is 7.42. The van der Waals surface area contributed by atoms with Gasteiger partial charge in [0.05, 0.1) is 5.75 Å². The van der Waals surface area contributed by atoms with Gasteiger partial charge in [0.15, 0.2) is 17.1 Å². The first-order valence-electron chi connectivity index (χ1n) is 10.1. The number of amides is 1. The number of hydrogen-bond donors (Lipinski definition) is 1. The van der Waals surface area contributed by atoms with Crippen molar-refractivity contribution in [3.05, 3.63) is 63.9 Å². The van der Waals surface area contributed by atoms with Gasteiger partial charge in [-0.15, -0.1) is 10.2 Å². The van der Waals surface area contributed by atoms with Gasteiger partial charge < -0.3 is 14.6 Å². The zero-order valence-electron chi connectivity index (χ0n) is 18.4. The molecule has 1 N–H and O–H groups in total. The number of ether oxygens (including phenoxy) is 1. The zero-order valence-corrected chi connectivity index (χ0v) is 20.0. The van der Waals surface area contributed by atoms with Crippen LogP contribution in [0.4, 0.5) is 5.69 Å². The molecule has 2 aromatic carbocycles. The van der Waals surface area contributed by atoms with Crippen molar-refractivity contribution in [2.75, 3.05) is 11.1 Å². The second kappa shape index (κ2) is 10.2. The Kier molecular flexibility index (Phi) is 7.62. The fraction of sp³-hybridized carbons (Fsp3) is 0.348. The predicted octanol–water partition coefficient (Wildman–Crippen LogP) is 5.75. The van der Waals surface area contributed by atoms with Crippen molar-refractivity contribution in [2.45, 2.75) is 52.4 Å². The molecule has 3 aromatic rings. The Bertz CT molecular complexity index is 1040. The monoisotopic (exact) mass is 458 g/mol. The van der Waals surface area contributed by atoms with Crippen LogP contribution in [0.1, 0.15) is 42.5 Å². The van der Waals surface area contributed by atoms with Gasteiger partial charge in [0.25, 0.3) is 0 Å². The third-order valence-electron chi connectivity index (χ3n) is 4.82. The number of anilines is 1. The topological polar surface area (TPSA) is 69.0 Å². The smallest absolute Gasteiger partial charge is 0.234 e. The molecule has 0 fully saturated rings. The number of nitrogens with zero attached hydrogens (tertiary/aromatic N) is 3. The summed E-state index contributed by atoms with van der Waals surface area (Å²) in [7, 11) is 0. The van der Waals surface area contributed by atoms with Crippen LogP contribution in [0.5, 0.6) is 5.75 Å². The van der Waals surface area contributed by atoms with E-state index in [1.807, 2.05) is 75.6 Å². The van der Waals surface area contributed by atoms with Crippen molar-refractivity contribution in [1.29, 1.82) is 0 Å². The van der Waals surface area contributed by atoms with Crippen LogP contribution in [-0.2, 0) is 11.3 Å². The van der Waals surface area contributed by atoms with Crippen LogP contribution in [-0.4, -0.2) is 26.4 Å². The Morgan fingerprint density at radius 3 is 2.42 bits per heavy atom. The summed E-state index contributed by atoms with van der Waals surface area (Å²) in [5.41, 5.74) is 3.87. The van der Waals surface area contributed by atoms with E-state index in [1.54, 1.807) is 0 Å². The highest BCUT2D eigenvalue weighted by Gasteiger charge is 2.20. The van der Waals surface area contributed by atoms with Gasteiger partial charge in [-0.25, -0.2) is 0 Å². The van der Waals surface area contributed by atoms with Gasteiger partial charge in [0.2, 0.25) is 5.91 Å². The number of rotatable bonds is 8. The Labute approximate surface area is 192 Å². The van der Waals surface area contributed by atoms with Crippen molar-refractivity contribution in [2.24, 2.45) is 0 Å². The lowest BCUT2D eigenvalue weighted by atomic mass is 10.1. The van der Waals surface area contributed by atoms with E-state index in [2.05, 4.69) is 15.5 Å². The fourth-order valence-corrected chi connectivity index (χ4v) is 4.12. The standard InChI is InChI=1S/C23H27ClN4O2S/c1-6-28-22(17(5)30-19-11-15(3)21(24)16(4)12-19)26-27-23(28)31-13-20(29)25-18-9-7-14(2)8-10-18/h7-12,17H,6,13H2,1-5H3,(H,25,29). The molecule has 0 radical (unpaired) electrons. The van der Waals surface area contributed by atoms with E-state index >= 15 is 0 Å². The maximum Gasteiger partial charge on any atom is 0.234 e. The molecule has 8 heteroatoms. The van der Waals surface area contributed by atoms with Crippen LogP contribution in [0, 0.1) is 20.8 Å². The number of carbonyl (C=O) groups is 1. The van der Waals surface area contributed by atoms with Crippen LogP contribution < -0.4 is 10.1 Å². The highest BCUT2D eigenvalue weighted by molar-refractivity contribution is 7.99. The average molecular weight is 459 g/mol. The van der Waals surface area contributed by atoms with Gasteiger partial charge in [0, 0.05) is 17.3 Å². The summed E-state index contributed by atoms with van der Waals surface area (Å²) in [6, 6.07) is 11.6. The summed E-state index contributed by atoms with van der Waals surface area (Å²) in [6.45, 7) is 10.6. The normalized spacial score (nSPS) is 11.9. The van der Waals surface area contributed by atoms with Crippen LogP contribution in [0.25, 0.3) is 0 Å². The molecular formula is C23H27ClN4O2S. The van der Waals surface area contributed by atoms with E-state index in [1.165, 1.54) is 11.8 Å². The first-order chi connectivity index (χ1) is 14.8. The van der Waals surface area contributed by atoms with E-state index in [9.17, 15) is 4.79 Å². The van der Waals surface area contributed by atoms with Gasteiger partial charge in [-0.3, -0.25) is 4.79 Å². The van der Waals surface area contributed by atoms with Crippen LogP contribution in [0.2, 0.25) is 5.02 Å². The molecule has 0 saturated carbocycles. The average Bonchev–Trinajstić information content (AvgIpc) is 3.15. The summed E-state index contributed by atoms with van der Waals surface area (Å²) >= 11 is 7.61. The van der Waals surface area contributed by atoms with E-state index < -0.39 is 0 Å². The van der Waals surface area contributed by atoms with Crippen LogP contribution in [0.3, 0.4) is 0 Å². The van der Waals surface area contributed by atoms with Crippen LogP contribution >= 0.6 is 23.4 Å². The number of halogens is 1. The molecule has 1 unspecified atom stereocenters. The molecular weight excluding hydrogens is 432 g/mol. The first-order valence-corrected chi connectivity index (χ1v) is 11.5. The van der Waals surface area contributed by atoms with Gasteiger partial charge in [-0.2, -0.15) is 0 Å². The third-order valence-corrected chi connectivity index (χ3v) is 6.38. The number of benzene rings is 2. The lowest BCUT2D eigenvalue weighted by molar-refractivity contribution is -0.113. The largest absolute Gasteiger partial charge is 0.483 e. The maximum atomic E-state index is 12.3. The van der Waals surface area contributed by atoms with Gasteiger partial charge in [-0.05, 0) is 70.0 Å². The van der Waals surface area contributed by atoms with E-state index in [-0.39, 0.29) is 17.8 Å². The number of hydrogen-bond acceptors (Lipinski definition) is 5. The molecule has 0 aliphatic carbocycles. The second-order valence-corrected chi connectivity index (χ2v) is 8.74. The predicted molar refractivity (Wildman–Crippen MR) is 126 cm³/mol. The molecule has 0 aliphatic heterocycles. The first kappa shape index (κ1) is 23.2.